The molecule has 2 rings (SSSR count). The standard InChI is InChI=1S/C8H9ClN4O/c1-5-6(9)3-2-4-7(5)13-8(14)10-11-12-13/h2-4,11-12H,1H3,(H,10,14). The predicted molar refractivity (Wildman–Crippen MR) is 53.5 cm³/mol. The van der Waals surface area contributed by atoms with Crippen molar-refractivity contribution in [1.82, 2.24) is 16.5 Å². The first-order chi connectivity index (χ1) is 6.70. The third-order valence-electron chi connectivity index (χ3n) is 2.02. The lowest BCUT2D eigenvalue weighted by molar-refractivity contribution is 0.250. The number of carbonyl (C=O) groups excluding carboxylic acids is 1. The second-order valence-electron chi connectivity index (χ2n) is 2.89. The Morgan fingerprint density at radius 1 is 1.43 bits per heavy atom. The molecule has 0 saturated carbocycles. The van der Waals surface area contributed by atoms with Crippen LogP contribution in [0.2, 0.25) is 5.02 Å². The van der Waals surface area contributed by atoms with Gasteiger partial charge in [0.05, 0.1) is 5.69 Å². The zero-order valence-electron chi connectivity index (χ0n) is 7.47. The van der Waals surface area contributed by atoms with Crippen LogP contribution in [-0.4, -0.2) is 6.03 Å². The van der Waals surface area contributed by atoms with Gasteiger partial charge in [0, 0.05) is 5.02 Å². The van der Waals surface area contributed by atoms with Gasteiger partial charge in [-0.1, -0.05) is 17.7 Å². The zero-order valence-corrected chi connectivity index (χ0v) is 8.22. The number of amides is 2. The monoisotopic (exact) mass is 212 g/mol. The summed E-state index contributed by atoms with van der Waals surface area (Å²) < 4.78 is 0. The molecule has 1 aliphatic heterocycles. The molecular weight excluding hydrogens is 204 g/mol. The molecular formula is C8H9ClN4O. The third kappa shape index (κ3) is 1.41. The number of hydrogen-bond donors (Lipinski definition) is 3. The zero-order chi connectivity index (χ0) is 10.1. The number of nitrogens with zero attached hydrogens (tertiary/aromatic N) is 1. The maximum absolute atomic E-state index is 11.3. The second-order valence-corrected chi connectivity index (χ2v) is 3.29. The summed E-state index contributed by atoms with van der Waals surface area (Å²) in [5, 5.41) is 1.98. The average Bonchev–Trinajstić information content (AvgIpc) is 2.57. The quantitative estimate of drug-likeness (QED) is 0.654. The number of halogens is 1. The second kappa shape index (κ2) is 3.45. The number of hydrazine groups is 3. The van der Waals surface area contributed by atoms with E-state index in [1.165, 1.54) is 5.01 Å². The van der Waals surface area contributed by atoms with Gasteiger partial charge in [-0.05, 0) is 24.6 Å². The first-order valence-corrected chi connectivity index (χ1v) is 4.44. The van der Waals surface area contributed by atoms with E-state index in [0.717, 1.165) is 11.3 Å². The molecule has 0 radical (unpaired) electrons. The topological polar surface area (TPSA) is 56.4 Å². The van der Waals surface area contributed by atoms with E-state index in [-0.39, 0.29) is 6.03 Å². The summed E-state index contributed by atoms with van der Waals surface area (Å²) in [6.45, 7) is 1.85. The van der Waals surface area contributed by atoms with Crippen molar-refractivity contribution in [3.63, 3.8) is 0 Å². The Morgan fingerprint density at radius 2 is 2.21 bits per heavy atom. The molecule has 0 aliphatic carbocycles. The van der Waals surface area contributed by atoms with Crippen LogP contribution in [0, 0.1) is 6.92 Å². The fourth-order valence-electron chi connectivity index (χ4n) is 1.25. The smallest absolute Gasteiger partial charge is 0.257 e. The molecule has 1 saturated heterocycles. The highest BCUT2D eigenvalue weighted by Crippen LogP contribution is 2.25. The first-order valence-electron chi connectivity index (χ1n) is 4.06. The molecule has 14 heavy (non-hydrogen) atoms. The minimum absolute atomic E-state index is 0.268. The molecule has 1 aromatic carbocycles. The normalized spacial score (nSPS) is 15.9. The van der Waals surface area contributed by atoms with Crippen LogP contribution < -0.4 is 21.5 Å². The van der Waals surface area contributed by atoms with E-state index in [0.29, 0.717) is 5.02 Å². The fraction of sp³-hybridized carbons (Fsp3) is 0.125. The first kappa shape index (κ1) is 9.26. The molecule has 2 amide bonds. The van der Waals surface area contributed by atoms with Gasteiger partial charge in [-0.2, -0.15) is 0 Å². The van der Waals surface area contributed by atoms with Crippen LogP contribution in [0.15, 0.2) is 18.2 Å². The number of hydrogen-bond acceptors (Lipinski definition) is 3. The van der Waals surface area contributed by atoms with Gasteiger partial charge in [0.2, 0.25) is 0 Å². The molecule has 74 valence electrons. The van der Waals surface area contributed by atoms with Crippen molar-refractivity contribution < 1.29 is 4.79 Å². The van der Waals surface area contributed by atoms with Crippen LogP contribution in [0.25, 0.3) is 0 Å². The van der Waals surface area contributed by atoms with Crippen molar-refractivity contribution >= 4 is 23.3 Å². The maximum Gasteiger partial charge on any atom is 0.353 e. The van der Waals surface area contributed by atoms with Crippen molar-refractivity contribution in [1.29, 1.82) is 0 Å². The summed E-state index contributed by atoms with van der Waals surface area (Å²) in [6, 6.07) is 5.11. The van der Waals surface area contributed by atoms with E-state index in [4.69, 9.17) is 11.6 Å². The summed E-state index contributed by atoms with van der Waals surface area (Å²) in [5.41, 5.74) is 9.12. The van der Waals surface area contributed by atoms with Crippen LogP contribution in [-0.2, 0) is 0 Å². The molecule has 1 heterocycles. The molecule has 6 heteroatoms. The van der Waals surface area contributed by atoms with Gasteiger partial charge >= 0.3 is 6.03 Å². The van der Waals surface area contributed by atoms with Gasteiger partial charge in [0.1, 0.15) is 0 Å². The lowest BCUT2D eigenvalue weighted by atomic mass is 10.2. The summed E-state index contributed by atoms with van der Waals surface area (Å²) in [5.74, 6) is 0. The molecule has 1 aromatic rings. The summed E-state index contributed by atoms with van der Waals surface area (Å²) in [7, 11) is 0. The molecule has 0 spiro atoms. The molecule has 5 nitrogen and oxygen atoms in total. The molecule has 1 fully saturated rings. The Bertz CT molecular complexity index is 382. The van der Waals surface area contributed by atoms with Crippen LogP contribution in [0.4, 0.5) is 10.5 Å². The van der Waals surface area contributed by atoms with Gasteiger partial charge in [-0.15, -0.1) is 11.1 Å². The summed E-state index contributed by atoms with van der Waals surface area (Å²) in [6.07, 6.45) is 0. The molecule has 3 N–H and O–H groups in total. The van der Waals surface area contributed by atoms with E-state index in [2.05, 4.69) is 16.5 Å². The number of benzene rings is 1. The van der Waals surface area contributed by atoms with Crippen LogP contribution >= 0.6 is 11.6 Å². The van der Waals surface area contributed by atoms with E-state index in [9.17, 15) is 4.79 Å². The lowest BCUT2D eigenvalue weighted by Crippen LogP contribution is -2.38. The molecule has 0 bridgehead atoms. The molecule has 0 atom stereocenters. The summed E-state index contributed by atoms with van der Waals surface area (Å²) >= 11 is 5.93. The van der Waals surface area contributed by atoms with Crippen molar-refractivity contribution in [2.45, 2.75) is 6.92 Å². The Labute approximate surface area is 85.9 Å². The fourth-order valence-corrected chi connectivity index (χ4v) is 1.42. The Kier molecular flexibility index (Phi) is 2.28. The number of rotatable bonds is 1. The number of anilines is 1. The minimum Gasteiger partial charge on any atom is -0.257 e. The lowest BCUT2D eigenvalue weighted by Gasteiger charge is -2.15. The highest BCUT2D eigenvalue weighted by Gasteiger charge is 2.22. The van der Waals surface area contributed by atoms with Crippen molar-refractivity contribution in [3.8, 4) is 0 Å². The van der Waals surface area contributed by atoms with Gasteiger partial charge in [0.15, 0.2) is 0 Å². The SMILES string of the molecule is Cc1c(Cl)cccc1N1NNNC1=O. The maximum atomic E-state index is 11.3. The van der Waals surface area contributed by atoms with Crippen molar-refractivity contribution in [3.05, 3.63) is 28.8 Å². The Balaban J connectivity index is 2.41. The predicted octanol–water partition coefficient (Wildman–Crippen LogP) is 1.10. The van der Waals surface area contributed by atoms with Crippen molar-refractivity contribution in [2.24, 2.45) is 0 Å². The third-order valence-corrected chi connectivity index (χ3v) is 2.43. The van der Waals surface area contributed by atoms with E-state index >= 15 is 0 Å². The van der Waals surface area contributed by atoms with Gasteiger partial charge < -0.3 is 0 Å². The van der Waals surface area contributed by atoms with Gasteiger partial charge in [-0.3, -0.25) is 5.43 Å². The largest absolute Gasteiger partial charge is 0.353 e. The number of carbonyl (C=O) groups is 1. The highest BCUT2D eigenvalue weighted by atomic mass is 35.5. The van der Waals surface area contributed by atoms with Crippen LogP contribution in [0.1, 0.15) is 5.56 Å². The number of urea groups is 1. The minimum atomic E-state index is -0.268. The van der Waals surface area contributed by atoms with Crippen LogP contribution in [0.5, 0.6) is 0 Å². The Morgan fingerprint density at radius 3 is 2.86 bits per heavy atom. The van der Waals surface area contributed by atoms with Gasteiger partial charge in [-0.25, -0.2) is 9.80 Å². The van der Waals surface area contributed by atoms with Crippen molar-refractivity contribution in [2.75, 3.05) is 5.01 Å². The van der Waals surface area contributed by atoms with E-state index < -0.39 is 0 Å². The molecule has 0 aromatic heterocycles. The van der Waals surface area contributed by atoms with Crippen LogP contribution in [0.3, 0.4) is 0 Å². The molecule has 1 aliphatic rings. The molecule has 0 unspecified atom stereocenters. The Hall–Kier alpha value is -1.30. The highest BCUT2D eigenvalue weighted by molar-refractivity contribution is 6.31. The van der Waals surface area contributed by atoms with Gasteiger partial charge in [0.25, 0.3) is 0 Å². The number of nitrogens with one attached hydrogen (secondary N) is 3. The van der Waals surface area contributed by atoms with E-state index in [1.807, 2.05) is 6.92 Å². The van der Waals surface area contributed by atoms with E-state index in [1.54, 1.807) is 18.2 Å². The average molecular weight is 213 g/mol. The summed E-state index contributed by atoms with van der Waals surface area (Å²) in [4.78, 5) is 11.3.